The first-order valence-corrected chi connectivity index (χ1v) is 13.0. The van der Waals surface area contributed by atoms with Crippen molar-refractivity contribution in [2.45, 2.75) is 44.0 Å². The molecule has 0 radical (unpaired) electrons. The first-order chi connectivity index (χ1) is 16.4. The monoisotopic (exact) mass is 480 g/mol. The van der Waals surface area contributed by atoms with Gasteiger partial charge in [-0.05, 0) is 60.5 Å². The van der Waals surface area contributed by atoms with Crippen molar-refractivity contribution >= 4 is 21.6 Å². The number of nitrogens with one attached hydrogen (secondary N) is 1. The second-order valence-electron chi connectivity index (χ2n) is 8.16. The van der Waals surface area contributed by atoms with Gasteiger partial charge in [0.05, 0.1) is 11.5 Å². The molecule has 0 saturated carbocycles. The van der Waals surface area contributed by atoms with Crippen molar-refractivity contribution in [2.24, 2.45) is 0 Å². The van der Waals surface area contributed by atoms with Crippen LogP contribution in [0.15, 0.2) is 83.8 Å². The smallest absolute Gasteiger partial charge is 0.255 e. The maximum absolute atomic E-state index is 12.9. The standard InChI is InChI=1S/C27H32N2O4S/c1-3-4-5-9-20-33-25-16-12-23(13-17-25)27(30)28-24-14-18-26(19-15-24)34(31,32)29(2)21-22-10-7-6-8-11-22/h6-8,10-19H,3-5,9,20-21H2,1-2H3,(H,28,30). The Morgan fingerprint density at radius 3 is 2.21 bits per heavy atom. The summed E-state index contributed by atoms with van der Waals surface area (Å²) in [5.74, 6) is 0.466. The van der Waals surface area contributed by atoms with Crippen LogP contribution in [0.1, 0.15) is 48.5 Å². The second kappa shape index (κ2) is 12.3. The van der Waals surface area contributed by atoms with E-state index in [1.54, 1.807) is 43.4 Å². The molecule has 0 unspecified atom stereocenters. The molecule has 0 atom stereocenters. The van der Waals surface area contributed by atoms with Gasteiger partial charge in [0.15, 0.2) is 0 Å². The highest BCUT2D eigenvalue weighted by atomic mass is 32.2. The maximum atomic E-state index is 12.9. The van der Waals surface area contributed by atoms with Gasteiger partial charge in [-0.3, -0.25) is 4.79 Å². The molecule has 3 aromatic carbocycles. The van der Waals surface area contributed by atoms with Gasteiger partial charge in [-0.25, -0.2) is 8.42 Å². The zero-order valence-electron chi connectivity index (χ0n) is 19.7. The number of hydrogen-bond acceptors (Lipinski definition) is 4. The van der Waals surface area contributed by atoms with E-state index in [1.165, 1.54) is 29.3 Å². The lowest BCUT2D eigenvalue weighted by atomic mass is 10.2. The third-order valence-electron chi connectivity index (χ3n) is 5.45. The predicted molar refractivity (Wildman–Crippen MR) is 136 cm³/mol. The highest BCUT2D eigenvalue weighted by molar-refractivity contribution is 7.89. The van der Waals surface area contributed by atoms with Crippen molar-refractivity contribution in [3.8, 4) is 5.75 Å². The molecule has 0 aliphatic heterocycles. The fourth-order valence-electron chi connectivity index (χ4n) is 3.44. The molecule has 0 heterocycles. The van der Waals surface area contributed by atoms with Crippen LogP contribution in [0.3, 0.4) is 0 Å². The normalized spacial score (nSPS) is 11.4. The SMILES string of the molecule is CCCCCCOc1ccc(C(=O)Nc2ccc(S(=O)(=O)N(C)Cc3ccccc3)cc2)cc1. The maximum Gasteiger partial charge on any atom is 0.255 e. The summed E-state index contributed by atoms with van der Waals surface area (Å²) in [7, 11) is -2.09. The summed E-state index contributed by atoms with van der Waals surface area (Å²) in [6, 6.07) is 22.6. The summed E-state index contributed by atoms with van der Waals surface area (Å²) < 4.78 is 32.8. The summed E-state index contributed by atoms with van der Waals surface area (Å²) >= 11 is 0. The number of ether oxygens (including phenoxy) is 1. The molecule has 0 spiro atoms. The lowest BCUT2D eigenvalue weighted by Gasteiger charge is -2.17. The minimum Gasteiger partial charge on any atom is -0.494 e. The molecule has 0 aliphatic rings. The van der Waals surface area contributed by atoms with Crippen LogP contribution in [0.2, 0.25) is 0 Å². The molecule has 180 valence electrons. The molecule has 0 bridgehead atoms. The molecule has 0 aliphatic carbocycles. The van der Waals surface area contributed by atoms with E-state index in [4.69, 9.17) is 4.74 Å². The average Bonchev–Trinajstić information content (AvgIpc) is 2.85. The fourth-order valence-corrected chi connectivity index (χ4v) is 4.60. The van der Waals surface area contributed by atoms with E-state index in [0.717, 1.165) is 24.2 Å². The molecule has 1 amide bonds. The Kier molecular flexibility index (Phi) is 9.24. The zero-order chi connectivity index (χ0) is 24.4. The Morgan fingerprint density at radius 1 is 0.882 bits per heavy atom. The molecule has 7 heteroatoms. The van der Waals surface area contributed by atoms with Gasteiger partial charge in [0.1, 0.15) is 5.75 Å². The molecule has 1 N–H and O–H groups in total. The average molecular weight is 481 g/mol. The Morgan fingerprint density at radius 2 is 1.56 bits per heavy atom. The van der Waals surface area contributed by atoms with Crippen LogP contribution in [0, 0.1) is 0 Å². The van der Waals surface area contributed by atoms with Gasteiger partial charge in [-0.2, -0.15) is 4.31 Å². The minimum atomic E-state index is -3.65. The summed E-state index contributed by atoms with van der Waals surface area (Å²) in [6.45, 7) is 3.12. The Labute approximate surface area is 202 Å². The number of anilines is 1. The Bertz CT molecular complexity index is 1150. The number of carbonyl (C=O) groups excluding carboxylic acids is 1. The quantitative estimate of drug-likeness (QED) is 0.337. The number of benzene rings is 3. The van der Waals surface area contributed by atoms with Crippen LogP contribution in [0.4, 0.5) is 5.69 Å². The molecular weight excluding hydrogens is 448 g/mol. The number of unbranched alkanes of at least 4 members (excludes halogenated alkanes) is 3. The van der Waals surface area contributed by atoms with Gasteiger partial charge in [-0.1, -0.05) is 56.5 Å². The largest absolute Gasteiger partial charge is 0.494 e. The summed E-state index contributed by atoms with van der Waals surface area (Å²) in [4.78, 5) is 12.7. The number of nitrogens with zero attached hydrogens (tertiary/aromatic N) is 1. The zero-order valence-corrected chi connectivity index (χ0v) is 20.6. The number of sulfonamides is 1. The number of rotatable bonds is 12. The van der Waals surface area contributed by atoms with Gasteiger partial charge in [0.2, 0.25) is 10.0 Å². The second-order valence-corrected chi connectivity index (χ2v) is 10.2. The summed E-state index contributed by atoms with van der Waals surface area (Å²) in [5.41, 5.74) is 1.92. The Balaban J connectivity index is 1.56. The van der Waals surface area contributed by atoms with Gasteiger partial charge in [-0.15, -0.1) is 0 Å². The van der Waals surface area contributed by atoms with Gasteiger partial charge in [0, 0.05) is 24.8 Å². The molecule has 6 nitrogen and oxygen atoms in total. The van der Waals surface area contributed by atoms with E-state index in [1.807, 2.05) is 30.3 Å². The van der Waals surface area contributed by atoms with E-state index in [-0.39, 0.29) is 17.3 Å². The van der Waals surface area contributed by atoms with Crippen molar-refractivity contribution < 1.29 is 17.9 Å². The first kappa shape index (κ1) is 25.5. The van der Waals surface area contributed by atoms with Crippen LogP contribution in [-0.4, -0.2) is 32.3 Å². The van der Waals surface area contributed by atoms with E-state index >= 15 is 0 Å². The highest BCUT2D eigenvalue weighted by Crippen LogP contribution is 2.20. The topological polar surface area (TPSA) is 75.7 Å². The number of carbonyl (C=O) groups is 1. The first-order valence-electron chi connectivity index (χ1n) is 11.5. The Hall–Kier alpha value is -3.16. The molecule has 0 fully saturated rings. The van der Waals surface area contributed by atoms with E-state index < -0.39 is 10.0 Å². The molecule has 3 rings (SSSR count). The fraction of sp³-hybridized carbons (Fsp3) is 0.296. The summed E-state index contributed by atoms with van der Waals surface area (Å²) in [6.07, 6.45) is 4.57. The van der Waals surface area contributed by atoms with Crippen molar-refractivity contribution in [1.29, 1.82) is 0 Å². The van der Waals surface area contributed by atoms with Crippen LogP contribution in [0.5, 0.6) is 5.75 Å². The molecule has 3 aromatic rings. The van der Waals surface area contributed by atoms with Gasteiger partial charge in [0.25, 0.3) is 5.91 Å². The van der Waals surface area contributed by atoms with Crippen LogP contribution >= 0.6 is 0 Å². The van der Waals surface area contributed by atoms with Crippen LogP contribution in [-0.2, 0) is 16.6 Å². The van der Waals surface area contributed by atoms with E-state index in [2.05, 4.69) is 12.2 Å². The lowest BCUT2D eigenvalue weighted by molar-refractivity contribution is 0.102. The van der Waals surface area contributed by atoms with Crippen LogP contribution in [0.25, 0.3) is 0 Å². The number of amides is 1. The van der Waals surface area contributed by atoms with Crippen molar-refractivity contribution in [1.82, 2.24) is 4.31 Å². The van der Waals surface area contributed by atoms with Crippen molar-refractivity contribution in [3.63, 3.8) is 0 Å². The van der Waals surface area contributed by atoms with Gasteiger partial charge >= 0.3 is 0 Å². The van der Waals surface area contributed by atoms with Crippen LogP contribution < -0.4 is 10.1 Å². The third-order valence-corrected chi connectivity index (χ3v) is 7.27. The molecule has 0 saturated heterocycles. The van der Waals surface area contributed by atoms with Gasteiger partial charge < -0.3 is 10.1 Å². The van der Waals surface area contributed by atoms with E-state index in [9.17, 15) is 13.2 Å². The minimum absolute atomic E-state index is 0.171. The molecular formula is C27H32N2O4S. The predicted octanol–water partition coefficient (Wildman–Crippen LogP) is 5.72. The number of hydrogen-bond donors (Lipinski definition) is 1. The highest BCUT2D eigenvalue weighted by Gasteiger charge is 2.21. The molecule has 0 aromatic heterocycles. The molecule has 34 heavy (non-hydrogen) atoms. The van der Waals surface area contributed by atoms with E-state index in [0.29, 0.717) is 17.9 Å². The van der Waals surface area contributed by atoms with Crippen molar-refractivity contribution in [2.75, 3.05) is 19.0 Å². The third kappa shape index (κ3) is 7.17. The van der Waals surface area contributed by atoms with Crippen molar-refractivity contribution in [3.05, 3.63) is 90.0 Å². The summed E-state index contributed by atoms with van der Waals surface area (Å²) in [5, 5.41) is 2.80. The lowest BCUT2D eigenvalue weighted by Crippen LogP contribution is -2.26.